The summed E-state index contributed by atoms with van der Waals surface area (Å²) in [5, 5.41) is 8.14. The minimum absolute atomic E-state index is 0.453. The third-order valence-corrected chi connectivity index (χ3v) is 8.15. The van der Waals surface area contributed by atoms with E-state index in [9.17, 15) is 0 Å². The lowest BCUT2D eigenvalue weighted by Crippen LogP contribution is -2.20. The van der Waals surface area contributed by atoms with Gasteiger partial charge in [-0.2, -0.15) is 0 Å². The second-order valence-corrected chi connectivity index (χ2v) is 10.0. The summed E-state index contributed by atoms with van der Waals surface area (Å²) in [6, 6.07) is 28.6. The van der Waals surface area contributed by atoms with E-state index in [0.717, 1.165) is 6.42 Å². The lowest BCUT2D eigenvalue weighted by Gasteiger charge is -2.37. The second kappa shape index (κ2) is 11.0. The van der Waals surface area contributed by atoms with E-state index in [4.69, 9.17) is 0 Å². The molecule has 0 heteroatoms. The van der Waals surface area contributed by atoms with Gasteiger partial charge >= 0.3 is 0 Å². The van der Waals surface area contributed by atoms with Crippen molar-refractivity contribution < 1.29 is 0 Å². The number of fused-ring (bicyclic) bond motifs is 1. The molecule has 0 saturated heterocycles. The molecule has 9 rings (SSSR count). The average Bonchev–Trinajstić information content (AvgIpc) is 3.05. The van der Waals surface area contributed by atoms with Gasteiger partial charge in [-0.3, -0.25) is 0 Å². The molecule has 1 unspecified atom stereocenters. The first kappa shape index (κ1) is 25.8. The summed E-state index contributed by atoms with van der Waals surface area (Å²) in [7, 11) is 0. The van der Waals surface area contributed by atoms with Gasteiger partial charge in [-0.1, -0.05) is 155 Å². The van der Waals surface area contributed by atoms with Crippen molar-refractivity contribution in [2.45, 2.75) is 34.1 Å². The molecule has 5 aromatic carbocycles. The summed E-state index contributed by atoms with van der Waals surface area (Å²) in [4.78, 5) is 0. The molecule has 0 amide bonds. The standard InChI is InChI=1S/C20H14.C16H10.2C2H6/c1-5-13-6-2-11-17-18-12-4-8-14-7-3-10-16(20(14)18)15(9-1)19(13)17;1-3-11-7-9-13-5-2-6-14-10-8-12(4-1)15(11)16(13)14;2*1-2/h1-11,19H,12H2;1-10H;2*1-2H3. The lowest BCUT2D eigenvalue weighted by atomic mass is 9.66. The van der Waals surface area contributed by atoms with Gasteiger partial charge in [0.15, 0.2) is 0 Å². The van der Waals surface area contributed by atoms with Crippen molar-refractivity contribution in [2.24, 2.45) is 5.92 Å². The van der Waals surface area contributed by atoms with E-state index < -0.39 is 0 Å². The van der Waals surface area contributed by atoms with Gasteiger partial charge in [0.25, 0.3) is 0 Å². The first-order chi connectivity index (χ1) is 19.9. The van der Waals surface area contributed by atoms with Crippen LogP contribution in [0.25, 0.3) is 49.5 Å². The monoisotopic (exact) mass is 516 g/mol. The van der Waals surface area contributed by atoms with Crippen molar-refractivity contribution >= 4 is 49.5 Å². The Morgan fingerprint density at radius 3 is 1.77 bits per heavy atom. The molecule has 0 aromatic heterocycles. The Morgan fingerprint density at radius 1 is 0.575 bits per heavy atom. The molecule has 1 atom stereocenters. The van der Waals surface area contributed by atoms with Crippen LogP contribution in [0.5, 0.6) is 0 Å². The highest BCUT2D eigenvalue weighted by Gasteiger charge is 2.34. The van der Waals surface area contributed by atoms with Crippen LogP contribution >= 0.6 is 0 Å². The Bertz CT molecular complexity index is 1770. The molecular weight excluding hydrogens is 480 g/mol. The molecule has 0 radical (unpaired) electrons. The van der Waals surface area contributed by atoms with Crippen molar-refractivity contribution in [3.63, 3.8) is 0 Å². The minimum atomic E-state index is 0.453. The van der Waals surface area contributed by atoms with Crippen LogP contribution in [-0.2, 0) is 0 Å². The molecule has 196 valence electrons. The quantitative estimate of drug-likeness (QED) is 0.180. The van der Waals surface area contributed by atoms with E-state index in [1.54, 1.807) is 0 Å². The second-order valence-electron chi connectivity index (χ2n) is 10.0. The van der Waals surface area contributed by atoms with Crippen LogP contribution in [0.4, 0.5) is 0 Å². The highest BCUT2D eigenvalue weighted by atomic mass is 14.4. The van der Waals surface area contributed by atoms with Gasteiger partial charge in [-0.15, -0.1) is 0 Å². The van der Waals surface area contributed by atoms with Crippen molar-refractivity contribution in [3.05, 3.63) is 149 Å². The van der Waals surface area contributed by atoms with Gasteiger partial charge in [0.05, 0.1) is 0 Å². The fourth-order valence-corrected chi connectivity index (χ4v) is 6.64. The molecule has 0 aliphatic heterocycles. The highest BCUT2D eigenvalue weighted by molar-refractivity contribution is 6.22. The molecular formula is C40H36. The molecule has 5 aromatic rings. The molecule has 0 spiro atoms. The normalized spacial score (nSPS) is 17.1. The van der Waals surface area contributed by atoms with Crippen molar-refractivity contribution in [1.29, 1.82) is 0 Å². The topological polar surface area (TPSA) is 0 Å². The average molecular weight is 517 g/mol. The fraction of sp³-hybridized carbons (Fsp3) is 0.150. The summed E-state index contributed by atoms with van der Waals surface area (Å²) in [5.74, 6) is 0.453. The number of benzene rings is 5. The zero-order chi connectivity index (χ0) is 27.6. The number of rotatable bonds is 0. The Balaban J connectivity index is 0.000000131. The van der Waals surface area contributed by atoms with Crippen LogP contribution in [0.3, 0.4) is 0 Å². The van der Waals surface area contributed by atoms with Crippen molar-refractivity contribution in [2.75, 3.05) is 0 Å². The van der Waals surface area contributed by atoms with Crippen LogP contribution in [-0.4, -0.2) is 0 Å². The van der Waals surface area contributed by atoms with E-state index in [0.29, 0.717) is 5.92 Å². The largest absolute Gasteiger partial charge is 0.0795 e. The zero-order valence-corrected chi connectivity index (χ0v) is 23.9. The van der Waals surface area contributed by atoms with E-state index in [1.807, 2.05) is 27.7 Å². The van der Waals surface area contributed by atoms with E-state index >= 15 is 0 Å². The minimum Gasteiger partial charge on any atom is -0.0795 e. The highest BCUT2D eigenvalue weighted by Crippen LogP contribution is 2.51. The maximum absolute atomic E-state index is 2.31. The smallest absolute Gasteiger partial charge is 0.0349 e. The number of hydrogen-bond donors (Lipinski definition) is 0. The van der Waals surface area contributed by atoms with Gasteiger partial charge in [0.1, 0.15) is 0 Å². The summed E-state index contributed by atoms with van der Waals surface area (Å²) < 4.78 is 0. The first-order valence-electron chi connectivity index (χ1n) is 14.8. The first-order valence-corrected chi connectivity index (χ1v) is 14.8. The maximum atomic E-state index is 2.31. The van der Waals surface area contributed by atoms with Crippen LogP contribution in [0, 0.1) is 5.92 Å². The molecule has 0 nitrogen and oxygen atoms in total. The third kappa shape index (κ3) is 4.07. The number of allylic oxidation sites excluding steroid dienone is 11. The predicted molar refractivity (Wildman–Crippen MR) is 178 cm³/mol. The van der Waals surface area contributed by atoms with Gasteiger partial charge < -0.3 is 0 Å². The van der Waals surface area contributed by atoms with Crippen LogP contribution in [0.15, 0.2) is 133 Å². The third-order valence-electron chi connectivity index (χ3n) is 8.15. The van der Waals surface area contributed by atoms with E-state index in [-0.39, 0.29) is 0 Å². The fourth-order valence-electron chi connectivity index (χ4n) is 6.64. The molecule has 0 N–H and O–H groups in total. The molecule has 4 aliphatic carbocycles. The van der Waals surface area contributed by atoms with E-state index in [1.165, 1.54) is 71.3 Å². The molecule has 40 heavy (non-hydrogen) atoms. The van der Waals surface area contributed by atoms with Crippen LogP contribution < -0.4 is 0 Å². The zero-order valence-electron chi connectivity index (χ0n) is 23.9. The van der Waals surface area contributed by atoms with Gasteiger partial charge in [-0.05, 0) is 77.7 Å². The van der Waals surface area contributed by atoms with Crippen molar-refractivity contribution in [3.8, 4) is 0 Å². The van der Waals surface area contributed by atoms with Gasteiger partial charge in [0, 0.05) is 5.92 Å². The Kier molecular flexibility index (Phi) is 7.10. The van der Waals surface area contributed by atoms with Crippen LogP contribution in [0.2, 0.25) is 0 Å². The van der Waals surface area contributed by atoms with E-state index in [2.05, 4.69) is 127 Å². The SMILES string of the molecule is C1=CC2=CC=CC3=C4CC=Cc5cccc(c54)C(=C1)C23.CC.CC.c1cc2ccc3cccc4ccc(c1)c2c34. The van der Waals surface area contributed by atoms with Crippen molar-refractivity contribution in [1.82, 2.24) is 0 Å². The summed E-state index contributed by atoms with van der Waals surface area (Å²) in [6.45, 7) is 8.00. The lowest BCUT2D eigenvalue weighted by molar-refractivity contribution is 0.935. The van der Waals surface area contributed by atoms with Gasteiger partial charge in [0.2, 0.25) is 0 Å². The molecule has 0 fully saturated rings. The number of hydrogen-bond acceptors (Lipinski definition) is 0. The Hall–Kier alpha value is -4.42. The molecule has 4 aliphatic rings. The predicted octanol–water partition coefficient (Wildman–Crippen LogP) is 11.6. The summed E-state index contributed by atoms with van der Waals surface area (Å²) in [6.07, 6.45) is 19.1. The summed E-state index contributed by atoms with van der Waals surface area (Å²) in [5.41, 5.74) is 10.2. The Labute approximate surface area is 238 Å². The van der Waals surface area contributed by atoms with Gasteiger partial charge in [-0.25, -0.2) is 0 Å². The molecule has 0 heterocycles. The van der Waals surface area contributed by atoms with Crippen LogP contribution in [0.1, 0.15) is 50.8 Å². The maximum Gasteiger partial charge on any atom is 0.0349 e. The molecule has 0 bridgehead atoms. The summed E-state index contributed by atoms with van der Waals surface area (Å²) >= 11 is 0. The molecule has 0 saturated carbocycles. The Morgan fingerprint density at radius 2 is 1.15 bits per heavy atom.